The summed E-state index contributed by atoms with van der Waals surface area (Å²) in [6.07, 6.45) is 3.22. The third-order valence-corrected chi connectivity index (χ3v) is 5.93. The van der Waals surface area contributed by atoms with Crippen LogP contribution in [0.5, 0.6) is 0 Å². The van der Waals surface area contributed by atoms with Gasteiger partial charge in [-0.15, -0.1) is 0 Å². The molecule has 0 amide bonds. The predicted octanol–water partition coefficient (Wildman–Crippen LogP) is 3.06. The first-order valence-corrected chi connectivity index (χ1v) is 10.4. The molecule has 3 rings (SSSR count). The van der Waals surface area contributed by atoms with Crippen LogP contribution in [-0.4, -0.2) is 29.9 Å². The van der Waals surface area contributed by atoms with Crippen molar-refractivity contribution in [1.29, 1.82) is 5.26 Å². The van der Waals surface area contributed by atoms with Crippen molar-refractivity contribution in [2.45, 2.75) is 34.8 Å². The summed E-state index contributed by atoms with van der Waals surface area (Å²) in [6, 6.07) is 10.2. The Morgan fingerprint density at radius 3 is 2.85 bits per heavy atom. The van der Waals surface area contributed by atoms with Gasteiger partial charge in [-0.2, -0.15) is 5.26 Å². The molecule has 0 unspecified atom stereocenters. The third kappa shape index (κ3) is 4.22. The number of nitrogens with one attached hydrogen (secondary N) is 2. The minimum absolute atomic E-state index is 0.206. The van der Waals surface area contributed by atoms with Crippen molar-refractivity contribution in [2.75, 3.05) is 6.54 Å². The molecule has 1 aromatic carbocycles. The maximum absolute atomic E-state index is 12.3. The molecule has 0 fully saturated rings. The molecule has 0 spiro atoms. The average Bonchev–Trinajstić information content (AvgIpc) is 3.04. The molecular formula is C17H17N5O2S2. The molecular weight excluding hydrogens is 370 g/mol. The van der Waals surface area contributed by atoms with E-state index < -0.39 is 10.0 Å². The molecule has 0 saturated carbocycles. The van der Waals surface area contributed by atoms with Crippen LogP contribution in [0, 0.1) is 11.3 Å². The lowest BCUT2D eigenvalue weighted by atomic mass is 10.3. The van der Waals surface area contributed by atoms with Gasteiger partial charge in [-0.3, -0.25) is 0 Å². The van der Waals surface area contributed by atoms with Crippen LogP contribution in [0.2, 0.25) is 0 Å². The summed E-state index contributed by atoms with van der Waals surface area (Å²) in [7, 11) is -3.53. The average molecular weight is 387 g/mol. The third-order valence-electron chi connectivity index (χ3n) is 3.63. The molecule has 9 heteroatoms. The highest BCUT2D eigenvalue weighted by molar-refractivity contribution is 7.99. The van der Waals surface area contributed by atoms with Crippen molar-refractivity contribution in [3.8, 4) is 6.07 Å². The van der Waals surface area contributed by atoms with Gasteiger partial charge in [0.05, 0.1) is 21.5 Å². The fourth-order valence-corrected chi connectivity index (χ4v) is 4.10. The van der Waals surface area contributed by atoms with E-state index in [4.69, 9.17) is 5.26 Å². The Hall–Kier alpha value is -2.41. The van der Waals surface area contributed by atoms with E-state index in [2.05, 4.69) is 19.7 Å². The van der Waals surface area contributed by atoms with Gasteiger partial charge in [-0.05, 0) is 48.5 Å². The number of aromatic amines is 1. The Bertz CT molecular complexity index is 1050. The smallest absolute Gasteiger partial charge is 0.240 e. The summed E-state index contributed by atoms with van der Waals surface area (Å²) in [5.41, 5.74) is 1.80. The normalized spacial score (nSPS) is 11.5. The van der Waals surface area contributed by atoms with Gasteiger partial charge in [0.15, 0.2) is 5.16 Å². The minimum atomic E-state index is -3.53. The van der Waals surface area contributed by atoms with E-state index in [1.165, 1.54) is 18.0 Å². The number of hydrogen-bond acceptors (Lipinski definition) is 6. The Morgan fingerprint density at radius 2 is 2.15 bits per heavy atom. The molecule has 0 aliphatic heterocycles. The second kappa shape index (κ2) is 7.86. The lowest BCUT2D eigenvalue weighted by molar-refractivity contribution is 0.578. The first-order valence-electron chi connectivity index (χ1n) is 8.05. The molecule has 26 heavy (non-hydrogen) atoms. The van der Waals surface area contributed by atoms with E-state index in [0.29, 0.717) is 33.3 Å². The second-order valence-electron chi connectivity index (χ2n) is 5.57. The van der Waals surface area contributed by atoms with Crippen LogP contribution in [0.1, 0.15) is 25.3 Å². The summed E-state index contributed by atoms with van der Waals surface area (Å²) < 4.78 is 27.2. The van der Waals surface area contributed by atoms with Crippen LogP contribution in [0.4, 0.5) is 0 Å². The molecule has 2 heterocycles. The van der Waals surface area contributed by atoms with Gasteiger partial charge >= 0.3 is 0 Å². The fraction of sp³-hybridized carbons (Fsp3) is 0.235. The number of nitrogens with zero attached hydrogens (tertiary/aromatic N) is 3. The number of unbranched alkanes of at least 4 members (excludes halogenated alkanes) is 1. The van der Waals surface area contributed by atoms with Gasteiger partial charge in [0.1, 0.15) is 11.1 Å². The first kappa shape index (κ1) is 18.4. The molecule has 0 saturated heterocycles. The highest BCUT2D eigenvalue weighted by atomic mass is 32.2. The summed E-state index contributed by atoms with van der Waals surface area (Å²) in [5.74, 6) is 0. The molecule has 7 nitrogen and oxygen atoms in total. The van der Waals surface area contributed by atoms with Crippen LogP contribution in [0.15, 0.2) is 51.6 Å². The molecule has 2 aromatic heterocycles. The number of rotatable bonds is 7. The number of pyridine rings is 1. The Morgan fingerprint density at radius 1 is 1.31 bits per heavy atom. The Balaban J connectivity index is 1.81. The van der Waals surface area contributed by atoms with E-state index in [1.807, 2.05) is 13.0 Å². The van der Waals surface area contributed by atoms with Gasteiger partial charge < -0.3 is 4.98 Å². The number of aromatic nitrogens is 3. The van der Waals surface area contributed by atoms with Crippen molar-refractivity contribution in [1.82, 2.24) is 19.7 Å². The number of sulfonamides is 1. The van der Waals surface area contributed by atoms with Crippen molar-refractivity contribution >= 4 is 32.8 Å². The summed E-state index contributed by atoms with van der Waals surface area (Å²) in [4.78, 5) is 11.9. The Labute approximate surface area is 155 Å². The van der Waals surface area contributed by atoms with Crippen molar-refractivity contribution < 1.29 is 8.42 Å². The number of benzene rings is 1. The maximum atomic E-state index is 12.3. The molecule has 0 bridgehead atoms. The van der Waals surface area contributed by atoms with Gasteiger partial charge in [0.2, 0.25) is 10.0 Å². The first-order chi connectivity index (χ1) is 12.5. The van der Waals surface area contributed by atoms with E-state index >= 15 is 0 Å². The molecule has 0 radical (unpaired) electrons. The molecule has 2 N–H and O–H groups in total. The van der Waals surface area contributed by atoms with Crippen LogP contribution in [0.3, 0.4) is 0 Å². The topological polar surface area (TPSA) is 112 Å². The fourth-order valence-electron chi connectivity index (χ4n) is 2.25. The quantitative estimate of drug-likeness (QED) is 0.603. The van der Waals surface area contributed by atoms with Crippen LogP contribution >= 0.6 is 11.8 Å². The highest BCUT2D eigenvalue weighted by Gasteiger charge is 2.15. The summed E-state index contributed by atoms with van der Waals surface area (Å²) in [5, 5.41) is 10.1. The number of H-pyrrole nitrogens is 1. The number of hydrogen-bond donors (Lipinski definition) is 2. The SMILES string of the molecule is CCCCNS(=O)(=O)c1ccc2nc(Sc3ccc(C#N)cn3)[nH]c2c1. The van der Waals surface area contributed by atoms with Crippen molar-refractivity contribution in [3.63, 3.8) is 0 Å². The maximum Gasteiger partial charge on any atom is 0.240 e. The minimum Gasteiger partial charge on any atom is -0.333 e. The lowest BCUT2D eigenvalue weighted by Crippen LogP contribution is -2.24. The van der Waals surface area contributed by atoms with E-state index in [0.717, 1.165) is 12.8 Å². The lowest BCUT2D eigenvalue weighted by Gasteiger charge is -2.05. The number of fused-ring (bicyclic) bond motifs is 1. The van der Waals surface area contributed by atoms with Crippen molar-refractivity contribution in [2.24, 2.45) is 0 Å². The van der Waals surface area contributed by atoms with Crippen LogP contribution in [-0.2, 0) is 10.0 Å². The molecule has 134 valence electrons. The van der Waals surface area contributed by atoms with E-state index in [-0.39, 0.29) is 4.90 Å². The number of nitriles is 1. The molecule has 0 aliphatic rings. The summed E-state index contributed by atoms with van der Waals surface area (Å²) >= 11 is 1.31. The van der Waals surface area contributed by atoms with Gasteiger partial charge in [-0.1, -0.05) is 13.3 Å². The molecule has 0 aliphatic carbocycles. The second-order valence-corrected chi connectivity index (χ2v) is 8.35. The zero-order valence-corrected chi connectivity index (χ0v) is 15.7. The zero-order valence-electron chi connectivity index (χ0n) is 14.1. The van der Waals surface area contributed by atoms with Gasteiger partial charge in [0, 0.05) is 12.7 Å². The van der Waals surface area contributed by atoms with Crippen molar-refractivity contribution in [3.05, 3.63) is 42.1 Å². The molecule has 3 aromatic rings. The largest absolute Gasteiger partial charge is 0.333 e. The number of imidazole rings is 1. The Kier molecular flexibility index (Phi) is 5.56. The molecule has 0 atom stereocenters. The van der Waals surface area contributed by atoms with Gasteiger partial charge in [0.25, 0.3) is 0 Å². The predicted molar refractivity (Wildman–Crippen MR) is 99.3 cm³/mol. The van der Waals surface area contributed by atoms with Gasteiger partial charge in [-0.25, -0.2) is 23.1 Å². The van der Waals surface area contributed by atoms with Crippen LogP contribution < -0.4 is 4.72 Å². The van der Waals surface area contributed by atoms with Crippen LogP contribution in [0.25, 0.3) is 11.0 Å². The zero-order chi connectivity index (χ0) is 18.6. The van der Waals surface area contributed by atoms with E-state index in [9.17, 15) is 8.42 Å². The monoisotopic (exact) mass is 387 g/mol. The highest BCUT2D eigenvalue weighted by Crippen LogP contribution is 2.26. The standard InChI is InChI=1S/C17H17N5O2S2/c1-2-3-8-20-26(23,24)13-5-6-14-15(9-13)22-17(21-14)25-16-7-4-12(10-18)11-19-16/h4-7,9,11,20H,2-3,8H2,1H3,(H,21,22). The van der Waals surface area contributed by atoms with E-state index in [1.54, 1.807) is 30.3 Å². The summed E-state index contributed by atoms with van der Waals surface area (Å²) in [6.45, 7) is 2.43.